The SMILES string of the molecule is COC(=O)[C@]1(c2ccccc2)C=C(C)CC1.COC(=O)[C@]1(c2ccccc2)C=C(c2ccccc2)CC1.O=C(NO)[C@]1(c2ccccc2)C=C(c2ccccc2)CC1.O=C(O)[C@]1(c2ccccc2)C=C(c2ccccc2)CC1.S.S.S.S. The molecule has 82 heavy (non-hydrogen) atoms. The van der Waals surface area contributed by atoms with Crippen LogP contribution < -0.4 is 5.48 Å². The number of allylic oxidation sites excluding steroid dienone is 4. The smallest absolute Gasteiger partial charge is 0.320 e. The van der Waals surface area contributed by atoms with Gasteiger partial charge in [0, 0.05) is 0 Å². The molecule has 0 heterocycles. The van der Waals surface area contributed by atoms with Crippen LogP contribution in [0.3, 0.4) is 0 Å². The Labute approximate surface area is 511 Å². The number of carboxylic acid groups (broad SMARTS) is 1. The fourth-order valence-corrected chi connectivity index (χ4v) is 11.4. The number of hydroxylamine groups is 1. The number of esters is 2. The van der Waals surface area contributed by atoms with Gasteiger partial charge in [0.05, 0.1) is 19.6 Å². The summed E-state index contributed by atoms with van der Waals surface area (Å²) < 4.78 is 10.0. The van der Waals surface area contributed by atoms with Crippen molar-refractivity contribution in [1.82, 2.24) is 5.48 Å². The standard InChI is InChI=1S/C19H18O2.C18H17NO2.C18H16O2.C14H16O2.4H2S/c1-21-18(20)19(17-10-6-3-7-11-17)13-12-16(14-19)15-8-4-2-5-9-15;20-17(19-21)18(16-9-5-2-6-10-16)12-11-15(13-18)14-7-3-1-4-8-14;19-17(20)18(16-9-5-2-6-10-16)12-11-15(13-18)14-7-3-1-4-8-14;1-11-8-9-14(10-11,13(15)16-2)12-6-4-3-5-7-12;;;;/h2-11,14H,12-13H2,1H3;1-10,13,21H,11-12H2,(H,19,20);1-10,13H,11-12H2,(H,19,20);3-7,10H,8-9H2,1-2H3;4*1H2/t19-;2*18-;14-;;;;/m0000..../s1. The molecular weight excluding hydrogens is 1100 g/mol. The quantitative estimate of drug-likeness (QED) is 0.0504. The van der Waals surface area contributed by atoms with Gasteiger partial charge in [0.1, 0.15) is 16.2 Å². The molecule has 7 aromatic carbocycles. The number of carboxylic acids is 1. The molecule has 4 aliphatic carbocycles. The van der Waals surface area contributed by atoms with E-state index in [0.29, 0.717) is 12.8 Å². The summed E-state index contributed by atoms with van der Waals surface area (Å²) in [5, 5.41) is 18.9. The highest BCUT2D eigenvalue weighted by atomic mass is 32.1. The van der Waals surface area contributed by atoms with E-state index >= 15 is 0 Å². The van der Waals surface area contributed by atoms with Gasteiger partial charge in [-0.25, -0.2) is 5.48 Å². The summed E-state index contributed by atoms with van der Waals surface area (Å²) in [6.45, 7) is 2.06. The zero-order chi connectivity index (χ0) is 55.0. The molecule has 0 aromatic heterocycles. The molecule has 428 valence electrons. The molecule has 0 aliphatic heterocycles. The molecule has 7 aromatic rings. The largest absolute Gasteiger partial charge is 0.480 e. The maximum atomic E-state index is 12.4. The van der Waals surface area contributed by atoms with E-state index in [1.54, 1.807) is 0 Å². The van der Waals surface area contributed by atoms with Gasteiger partial charge in [-0.15, -0.1) is 0 Å². The lowest BCUT2D eigenvalue weighted by Crippen LogP contribution is -2.40. The van der Waals surface area contributed by atoms with Crippen LogP contribution in [0.4, 0.5) is 0 Å². The molecule has 0 spiro atoms. The van der Waals surface area contributed by atoms with Crippen LogP contribution in [0.15, 0.2) is 242 Å². The summed E-state index contributed by atoms with van der Waals surface area (Å²) in [5.74, 6) is -1.48. The molecule has 0 unspecified atom stereocenters. The lowest BCUT2D eigenvalue weighted by Gasteiger charge is -2.25. The normalized spacial score (nSPS) is 20.6. The van der Waals surface area contributed by atoms with Crippen molar-refractivity contribution in [3.8, 4) is 0 Å². The van der Waals surface area contributed by atoms with E-state index in [2.05, 4.69) is 25.1 Å². The van der Waals surface area contributed by atoms with E-state index in [4.69, 9.17) is 14.7 Å². The number of carbonyl (C=O) groups excluding carboxylic acids is 3. The topological polar surface area (TPSA) is 139 Å². The minimum Gasteiger partial charge on any atom is -0.480 e. The van der Waals surface area contributed by atoms with Gasteiger partial charge in [-0.05, 0) is 114 Å². The minimum atomic E-state index is -0.883. The Bertz CT molecular complexity index is 3170. The zero-order valence-electron chi connectivity index (χ0n) is 46.5. The van der Waals surface area contributed by atoms with Gasteiger partial charge in [-0.2, -0.15) is 54.0 Å². The van der Waals surface area contributed by atoms with Gasteiger partial charge < -0.3 is 14.6 Å². The first kappa shape index (κ1) is 67.2. The van der Waals surface area contributed by atoms with Gasteiger partial charge in [0.2, 0.25) is 0 Å². The highest BCUT2D eigenvalue weighted by Gasteiger charge is 2.45. The molecule has 11 rings (SSSR count). The fourth-order valence-electron chi connectivity index (χ4n) is 11.4. The van der Waals surface area contributed by atoms with Crippen molar-refractivity contribution in [1.29, 1.82) is 0 Å². The fraction of sp³-hybridized carbons (Fsp3) is 0.217. The number of rotatable bonds is 11. The average molecular weight is 1170 g/mol. The molecule has 3 N–H and O–H groups in total. The Balaban J connectivity index is 0.000000232. The van der Waals surface area contributed by atoms with Crippen LogP contribution >= 0.6 is 54.0 Å². The number of carbonyl (C=O) groups is 4. The predicted octanol–water partition coefficient (Wildman–Crippen LogP) is 14.5. The summed E-state index contributed by atoms with van der Waals surface area (Å²) in [5.41, 5.74) is 10.9. The molecule has 0 saturated heterocycles. The second kappa shape index (κ2) is 31.2. The van der Waals surface area contributed by atoms with Gasteiger partial charge >= 0.3 is 17.9 Å². The summed E-state index contributed by atoms with van der Waals surface area (Å²) >= 11 is 0. The summed E-state index contributed by atoms with van der Waals surface area (Å²) in [6.07, 6.45) is 14.4. The second-order valence-electron chi connectivity index (χ2n) is 20.2. The monoisotopic (exact) mass is 1170 g/mol. The van der Waals surface area contributed by atoms with Gasteiger partial charge in [0.15, 0.2) is 0 Å². The van der Waals surface area contributed by atoms with Crippen LogP contribution in [-0.4, -0.2) is 48.3 Å². The van der Waals surface area contributed by atoms with E-state index in [-0.39, 0.29) is 71.8 Å². The summed E-state index contributed by atoms with van der Waals surface area (Å²) in [4.78, 5) is 48.6. The first-order valence-corrected chi connectivity index (χ1v) is 26.5. The Morgan fingerprint density at radius 3 is 0.939 bits per heavy atom. The number of methoxy groups -OCH3 is 2. The van der Waals surface area contributed by atoms with Gasteiger partial charge in [0.25, 0.3) is 5.91 Å². The van der Waals surface area contributed by atoms with Crippen molar-refractivity contribution in [3.63, 3.8) is 0 Å². The molecule has 13 heteroatoms. The van der Waals surface area contributed by atoms with E-state index < -0.39 is 27.6 Å². The number of ether oxygens (including phenoxy) is 2. The van der Waals surface area contributed by atoms with Crippen LogP contribution in [0.2, 0.25) is 0 Å². The lowest BCUT2D eigenvalue weighted by molar-refractivity contribution is -0.146. The molecule has 9 nitrogen and oxygen atoms in total. The van der Waals surface area contributed by atoms with Gasteiger partial charge in [-0.3, -0.25) is 24.4 Å². The number of nitrogens with one attached hydrogen (secondary N) is 1. The highest BCUT2D eigenvalue weighted by molar-refractivity contribution is 7.59. The third kappa shape index (κ3) is 14.9. The van der Waals surface area contributed by atoms with Crippen LogP contribution in [0, 0.1) is 0 Å². The maximum Gasteiger partial charge on any atom is 0.320 e. The third-order valence-corrected chi connectivity index (χ3v) is 15.6. The average Bonchev–Trinajstić information content (AvgIpc) is 4.50. The molecular formula is C69H75NO8S4. The molecule has 1 amide bonds. The van der Waals surface area contributed by atoms with E-state index in [1.165, 1.54) is 30.9 Å². The Kier molecular flexibility index (Phi) is 25.6. The third-order valence-electron chi connectivity index (χ3n) is 15.6. The van der Waals surface area contributed by atoms with Crippen molar-refractivity contribution >= 4 is 94.5 Å². The van der Waals surface area contributed by atoms with E-state index in [0.717, 1.165) is 83.1 Å². The Hall–Kier alpha value is -7.26. The van der Waals surface area contributed by atoms with Crippen molar-refractivity contribution in [3.05, 3.63) is 281 Å². The van der Waals surface area contributed by atoms with Crippen LogP contribution in [0.25, 0.3) is 16.7 Å². The van der Waals surface area contributed by atoms with Crippen molar-refractivity contribution in [2.24, 2.45) is 0 Å². The number of aliphatic carboxylic acids is 1. The number of hydrogen-bond acceptors (Lipinski definition) is 7. The highest BCUT2D eigenvalue weighted by Crippen LogP contribution is 2.46. The second-order valence-corrected chi connectivity index (χ2v) is 20.2. The first-order valence-electron chi connectivity index (χ1n) is 26.5. The first-order chi connectivity index (χ1) is 37.9. The molecule has 0 bridgehead atoms. The van der Waals surface area contributed by atoms with Crippen molar-refractivity contribution in [2.75, 3.05) is 14.2 Å². The van der Waals surface area contributed by atoms with Crippen molar-refractivity contribution in [2.45, 2.75) is 80.0 Å². The molecule has 0 fully saturated rings. The van der Waals surface area contributed by atoms with E-state index in [9.17, 15) is 24.3 Å². The number of amides is 1. The number of hydrogen-bond donors (Lipinski definition) is 3. The van der Waals surface area contributed by atoms with Crippen LogP contribution in [-0.2, 0) is 50.3 Å². The molecule has 0 radical (unpaired) electrons. The molecule has 4 aliphatic rings. The number of benzene rings is 7. The maximum absolute atomic E-state index is 12.4. The van der Waals surface area contributed by atoms with Crippen LogP contribution in [0.5, 0.6) is 0 Å². The van der Waals surface area contributed by atoms with E-state index in [1.807, 2.05) is 224 Å². The predicted molar refractivity (Wildman–Crippen MR) is 350 cm³/mol. The van der Waals surface area contributed by atoms with Crippen LogP contribution in [0.1, 0.15) is 97.2 Å². The summed E-state index contributed by atoms with van der Waals surface area (Å²) in [6, 6.07) is 69.2. The zero-order valence-corrected chi connectivity index (χ0v) is 50.5. The summed E-state index contributed by atoms with van der Waals surface area (Å²) in [7, 11) is 2.91. The molecule has 4 atom stereocenters. The lowest BCUT2D eigenvalue weighted by atomic mass is 9.79. The molecule has 0 saturated carbocycles. The van der Waals surface area contributed by atoms with Gasteiger partial charge in [-0.1, -0.05) is 242 Å². The minimum absolute atomic E-state index is 0. The Morgan fingerprint density at radius 2 is 0.634 bits per heavy atom. The van der Waals surface area contributed by atoms with Crippen molar-refractivity contribution < 1.29 is 39.0 Å². The Morgan fingerprint density at radius 1 is 0.378 bits per heavy atom.